The molecule has 17 heavy (non-hydrogen) atoms. The number of carbonyl (C=O) groups is 2. The molecule has 1 heterocycles. The van der Waals surface area contributed by atoms with Gasteiger partial charge in [-0.25, -0.2) is 0 Å². The van der Waals surface area contributed by atoms with Crippen LogP contribution in [0.1, 0.15) is 25.7 Å². The molecule has 0 aromatic heterocycles. The molecule has 2 fully saturated rings. The highest BCUT2D eigenvalue weighted by atomic mass is 32.2. The molecular formula is C12H19NO3S. The molecule has 0 aromatic rings. The zero-order valence-electron chi connectivity index (χ0n) is 9.93. The lowest BCUT2D eigenvalue weighted by Gasteiger charge is -2.34. The molecule has 1 saturated heterocycles. The van der Waals surface area contributed by atoms with Crippen molar-refractivity contribution in [3.05, 3.63) is 0 Å². The third-order valence-electron chi connectivity index (χ3n) is 3.72. The maximum Gasteiger partial charge on any atom is 0.307 e. The Kier molecular flexibility index (Phi) is 4.31. The van der Waals surface area contributed by atoms with Crippen LogP contribution >= 0.6 is 11.8 Å². The minimum Gasteiger partial charge on any atom is -0.481 e. The molecule has 0 bridgehead atoms. The minimum atomic E-state index is -0.797. The molecular weight excluding hydrogens is 238 g/mol. The first-order valence-electron chi connectivity index (χ1n) is 6.29. The Hall–Kier alpha value is -0.710. The Morgan fingerprint density at radius 3 is 2.24 bits per heavy atom. The summed E-state index contributed by atoms with van der Waals surface area (Å²) >= 11 is 1.86. The van der Waals surface area contributed by atoms with Gasteiger partial charge in [-0.05, 0) is 12.8 Å². The van der Waals surface area contributed by atoms with E-state index in [-0.39, 0.29) is 11.8 Å². The van der Waals surface area contributed by atoms with Crippen molar-refractivity contribution in [1.29, 1.82) is 0 Å². The molecule has 1 saturated carbocycles. The molecule has 1 amide bonds. The van der Waals surface area contributed by atoms with Crippen LogP contribution in [0.25, 0.3) is 0 Å². The fourth-order valence-corrected chi connectivity index (χ4v) is 3.64. The Balaban J connectivity index is 2.02. The minimum absolute atomic E-state index is 0.0809. The smallest absolute Gasteiger partial charge is 0.307 e. The molecule has 1 aliphatic carbocycles. The second-order valence-corrected chi connectivity index (χ2v) is 6.00. The average Bonchev–Trinajstić information content (AvgIpc) is 2.39. The predicted octanol–water partition coefficient (Wildman–Crippen LogP) is 1.45. The van der Waals surface area contributed by atoms with E-state index in [0.717, 1.165) is 43.9 Å². The van der Waals surface area contributed by atoms with Gasteiger partial charge in [-0.15, -0.1) is 0 Å². The number of aliphatic carboxylic acids is 1. The lowest BCUT2D eigenvalue weighted by atomic mass is 9.78. The maximum absolute atomic E-state index is 12.3. The van der Waals surface area contributed by atoms with Gasteiger partial charge in [0.2, 0.25) is 5.91 Å². The van der Waals surface area contributed by atoms with E-state index in [1.807, 2.05) is 16.7 Å². The van der Waals surface area contributed by atoms with Gasteiger partial charge in [0.25, 0.3) is 0 Å². The molecule has 1 N–H and O–H groups in total. The van der Waals surface area contributed by atoms with Crippen molar-refractivity contribution in [2.24, 2.45) is 11.8 Å². The van der Waals surface area contributed by atoms with E-state index in [1.165, 1.54) is 0 Å². The van der Waals surface area contributed by atoms with Crippen LogP contribution in [-0.4, -0.2) is 46.5 Å². The third-order valence-corrected chi connectivity index (χ3v) is 4.67. The average molecular weight is 257 g/mol. The number of thioether (sulfide) groups is 1. The number of hydrogen-bond acceptors (Lipinski definition) is 3. The van der Waals surface area contributed by atoms with Crippen molar-refractivity contribution in [3.63, 3.8) is 0 Å². The topological polar surface area (TPSA) is 57.6 Å². The summed E-state index contributed by atoms with van der Waals surface area (Å²) in [6.45, 7) is 1.57. The Labute approximate surface area is 106 Å². The van der Waals surface area contributed by atoms with E-state index in [4.69, 9.17) is 0 Å². The van der Waals surface area contributed by atoms with Gasteiger partial charge in [0.15, 0.2) is 0 Å². The SMILES string of the molecule is O=C(O)[C@H]1CCCC[C@H]1C(=O)N1CCSCC1. The van der Waals surface area contributed by atoms with Gasteiger partial charge in [0.05, 0.1) is 11.8 Å². The molecule has 2 rings (SSSR count). The number of carbonyl (C=O) groups excluding carboxylic acids is 1. The van der Waals surface area contributed by atoms with Crippen LogP contribution in [0.2, 0.25) is 0 Å². The molecule has 2 atom stereocenters. The van der Waals surface area contributed by atoms with Crippen molar-refractivity contribution >= 4 is 23.6 Å². The zero-order chi connectivity index (χ0) is 12.3. The van der Waals surface area contributed by atoms with Crippen LogP contribution in [-0.2, 0) is 9.59 Å². The summed E-state index contributed by atoms with van der Waals surface area (Å²) in [6.07, 6.45) is 3.34. The van der Waals surface area contributed by atoms with Crippen LogP contribution < -0.4 is 0 Å². The molecule has 0 unspecified atom stereocenters. The fourth-order valence-electron chi connectivity index (χ4n) is 2.74. The first kappa shape index (κ1) is 12.7. The van der Waals surface area contributed by atoms with Gasteiger partial charge in [-0.1, -0.05) is 12.8 Å². The second-order valence-electron chi connectivity index (χ2n) is 4.77. The van der Waals surface area contributed by atoms with Gasteiger partial charge in [-0.2, -0.15) is 11.8 Å². The van der Waals surface area contributed by atoms with E-state index in [9.17, 15) is 14.7 Å². The lowest BCUT2D eigenvalue weighted by Crippen LogP contribution is -2.45. The summed E-state index contributed by atoms with van der Waals surface area (Å²) in [5, 5.41) is 9.18. The van der Waals surface area contributed by atoms with E-state index >= 15 is 0 Å². The molecule has 1 aliphatic heterocycles. The Morgan fingerprint density at radius 2 is 1.65 bits per heavy atom. The summed E-state index contributed by atoms with van der Waals surface area (Å²) in [7, 11) is 0. The number of amides is 1. The predicted molar refractivity (Wildman–Crippen MR) is 67.0 cm³/mol. The van der Waals surface area contributed by atoms with Gasteiger partial charge in [-0.3, -0.25) is 9.59 Å². The van der Waals surface area contributed by atoms with Gasteiger partial charge in [0, 0.05) is 24.6 Å². The van der Waals surface area contributed by atoms with E-state index in [1.54, 1.807) is 0 Å². The molecule has 0 spiro atoms. The van der Waals surface area contributed by atoms with Gasteiger partial charge < -0.3 is 10.0 Å². The fraction of sp³-hybridized carbons (Fsp3) is 0.833. The Morgan fingerprint density at radius 1 is 1.06 bits per heavy atom. The van der Waals surface area contributed by atoms with Crippen LogP contribution in [0.4, 0.5) is 0 Å². The lowest BCUT2D eigenvalue weighted by molar-refractivity contribution is -0.152. The normalized spacial score (nSPS) is 30.0. The summed E-state index contributed by atoms with van der Waals surface area (Å²) in [6, 6.07) is 0. The van der Waals surface area contributed by atoms with Crippen LogP contribution in [0.5, 0.6) is 0 Å². The quantitative estimate of drug-likeness (QED) is 0.813. The third kappa shape index (κ3) is 2.94. The van der Waals surface area contributed by atoms with E-state index < -0.39 is 11.9 Å². The van der Waals surface area contributed by atoms with Crippen LogP contribution in [0.15, 0.2) is 0 Å². The second kappa shape index (κ2) is 5.76. The molecule has 2 aliphatic rings. The van der Waals surface area contributed by atoms with Crippen molar-refractivity contribution < 1.29 is 14.7 Å². The molecule has 96 valence electrons. The summed E-state index contributed by atoms with van der Waals surface area (Å²) in [5.74, 6) is 0.522. The van der Waals surface area contributed by atoms with Gasteiger partial charge >= 0.3 is 5.97 Å². The number of hydrogen-bond donors (Lipinski definition) is 1. The molecule has 4 nitrogen and oxygen atoms in total. The molecule has 5 heteroatoms. The van der Waals surface area contributed by atoms with Crippen molar-refractivity contribution in [1.82, 2.24) is 4.90 Å². The highest BCUT2D eigenvalue weighted by Gasteiger charge is 2.37. The van der Waals surface area contributed by atoms with E-state index in [0.29, 0.717) is 6.42 Å². The summed E-state index contributed by atoms with van der Waals surface area (Å²) in [5.41, 5.74) is 0. The maximum atomic E-state index is 12.3. The highest BCUT2D eigenvalue weighted by molar-refractivity contribution is 7.99. The monoisotopic (exact) mass is 257 g/mol. The number of rotatable bonds is 2. The summed E-state index contributed by atoms with van der Waals surface area (Å²) < 4.78 is 0. The standard InChI is InChI=1S/C12H19NO3S/c14-11(13-5-7-17-8-6-13)9-3-1-2-4-10(9)12(15)16/h9-10H,1-8H2,(H,15,16)/t9-,10+/m1/s1. The van der Waals surface area contributed by atoms with Crippen molar-refractivity contribution in [2.45, 2.75) is 25.7 Å². The van der Waals surface area contributed by atoms with Crippen molar-refractivity contribution in [3.8, 4) is 0 Å². The zero-order valence-corrected chi connectivity index (χ0v) is 10.7. The number of carboxylic acids is 1. The molecule has 0 radical (unpaired) electrons. The highest BCUT2D eigenvalue weighted by Crippen LogP contribution is 2.32. The van der Waals surface area contributed by atoms with Gasteiger partial charge in [0.1, 0.15) is 0 Å². The van der Waals surface area contributed by atoms with Crippen LogP contribution in [0.3, 0.4) is 0 Å². The van der Waals surface area contributed by atoms with E-state index in [2.05, 4.69) is 0 Å². The first-order valence-corrected chi connectivity index (χ1v) is 7.45. The first-order chi connectivity index (χ1) is 8.20. The molecule has 0 aromatic carbocycles. The van der Waals surface area contributed by atoms with Crippen LogP contribution in [0, 0.1) is 11.8 Å². The van der Waals surface area contributed by atoms with Crippen molar-refractivity contribution in [2.75, 3.05) is 24.6 Å². The number of nitrogens with zero attached hydrogens (tertiary/aromatic N) is 1. The largest absolute Gasteiger partial charge is 0.481 e. The Bertz CT molecular complexity index is 302. The summed E-state index contributed by atoms with van der Waals surface area (Å²) in [4.78, 5) is 25.4. The number of carboxylic acid groups (broad SMARTS) is 1.